The Bertz CT molecular complexity index is 504. The highest BCUT2D eigenvalue weighted by atomic mass is 28.4. The van der Waals surface area contributed by atoms with Crippen LogP contribution >= 0.6 is 0 Å². The molecule has 1 saturated heterocycles. The summed E-state index contributed by atoms with van der Waals surface area (Å²) in [6.07, 6.45) is -0.532. The predicted molar refractivity (Wildman–Crippen MR) is 95.5 cm³/mol. The molecule has 2 amide bonds. The van der Waals surface area contributed by atoms with E-state index in [1.54, 1.807) is 20.8 Å². The van der Waals surface area contributed by atoms with E-state index in [2.05, 4.69) is 40.4 Å². The fourth-order valence-corrected chi connectivity index (χ4v) is 2.96. The molecule has 0 N–H and O–H groups in total. The molecule has 24 heavy (non-hydrogen) atoms. The van der Waals surface area contributed by atoms with Crippen molar-refractivity contribution in [3.8, 4) is 0 Å². The van der Waals surface area contributed by atoms with E-state index in [1.165, 1.54) is 6.08 Å². The lowest BCUT2D eigenvalue weighted by atomic mass is 10.1. The molecule has 0 spiro atoms. The Morgan fingerprint density at radius 2 is 1.83 bits per heavy atom. The van der Waals surface area contributed by atoms with Crippen molar-refractivity contribution in [2.24, 2.45) is 0 Å². The van der Waals surface area contributed by atoms with E-state index >= 15 is 0 Å². The lowest BCUT2D eigenvalue weighted by Crippen LogP contribution is -2.49. The summed E-state index contributed by atoms with van der Waals surface area (Å²) in [5.74, 6) is 0. The second-order valence-electron chi connectivity index (χ2n) is 8.57. The van der Waals surface area contributed by atoms with Crippen LogP contribution in [0.15, 0.2) is 12.7 Å². The molecule has 1 heterocycles. The van der Waals surface area contributed by atoms with Crippen molar-refractivity contribution < 1.29 is 23.5 Å². The number of amides is 2. The summed E-state index contributed by atoms with van der Waals surface area (Å²) in [6.45, 7) is 19.8. The van der Waals surface area contributed by atoms with Crippen molar-refractivity contribution in [3.05, 3.63) is 12.7 Å². The average Bonchev–Trinajstić information content (AvgIpc) is 2.69. The molecule has 1 fully saturated rings. The summed E-state index contributed by atoms with van der Waals surface area (Å²) in [7, 11) is -2.03. The summed E-state index contributed by atoms with van der Waals surface area (Å²) in [5, 5.41) is 0.0247. The predicted octanol–water partition coefficient (Wildman–Crippen LogP) is 4.32. The van der Waals surface area contributed by atoms with Gasteiger partial charge in [0.05, 0.1) is 6.61 Å². The molecule has 0 aromatic rings. The molecule has 0 unspecified atom stereocenters. The molecule has 0 radical (unpaired) electrons. The van der Waals surface area contributed by atoms with Crippen molar-refractivity contribution >= 4 is 20.5 Å². The van der Waals surface area contributed by atoms with E-state index in [9.17, 15) is 9.59 Å². The Kier molecular flexibility index (Phi) is 5.93. The number of ether oxygens (including phenoxy) is 2. The molecule has 7 heteroatoms. The SMILES string of the molecule is C=C[C@H]1OC(=O)N(C(=O)OC(C)(C)C)[C@H]1CO[Si](C)(C)C(C)(C)C. The fraction of sp³-hybridized carbons (Fsp3) is 0.765. The number of hydrogen-bond donors (Lipinski definition) is 0. The first-order chi connectivity index (χ1) is 10.7. The van der Waals surface area contributed by atoms with Gasteiger partial charge in [-0.25, -0.2) is 14.5 Å². The van der Waals surface area contributed by atoms with Gasteiger partial charge in [-0.15, -0.1) is 0 Å². The van der Waals surface area contributed by atoms with E-state index < -0.39 is 38.3 Å². The third-order valence-corrected chi connectivity index (χ3v) is 8.89. The molecular weight excluding hydrogens is 326 g/mol. The van der Waals surface area contributed by atoms with Crippen LogP contribution in [0.3, 0.4) is 0 Å². The summed E-state index contributed by atoms with van der Waals surface area (Å²) in [6, 6.07) is -0.570. The number of nitrogens with zero attached hydrogens (tertiary/aromatic N) is 1. The summed E-state index contributed by atoms with van der Waals surface area (Å²) < 4.78 is 16.7. The topological polar surface area (TPSA) is 65.1 Å². The molecule has 0 saturated carbocycles. The van der Waals surface area contributed by atoms with Gasteiger partial charge >= 0.3 is 12.2 Å². The van der Waals surface area contributed by atoms with Crippen LogP contribution in [0.2, 0.25) is 18.1 Å². The lowest BCUT2D eigenvalue weighted by molar-refractivity contribution is 0.0252. The molecule has 0 aromatic heterocycles. The van der Waals surface area contributed by atoms with Crippen molar-refractivity contribution in [1.29, 1.82) is 0 Å². The maximum Gasteiger partial charge on any atom is 0.420 e. The Morgan fingerprint density at radius 3 is 2.25 bits per heavy atom. The quantitative estimate of drug-likeness (QED) is 0.554. The molecule has 6 nitrogen and oxygen atoms in total. The van der Waals surface area contributed by atoms with Gasteiger partial charge < -0.3 is 13.9 Å². The van der Waals surface area contributed by atoms with Gasteiger partial charge in [0, 0.05) is 0 Å². The van der Waals surface area contributed by atoms with Crippen molar-refractivity contribution in [2.45, 2.75) is 77.4 Å². The van der Waals surface area contributed by atoms with Crippen LogP contribution in [-0.2, 0) is 13.9 Å². The van der Waals surface area contributed by atoms with Crippen LogP contribution in [0, 0.1) is 0 Å². The zero-order chi connectivity index (χ0) is 18.9. The molecule has 2 atom stereocenters. The normalized spacial score (nSPS) is 22.3. The Hall–Kier alpha value is -1.34. The van der Waals surface area contributed by atoms with Gasteiger partial charge in [0.25, 0.3) is 0 Å². The highest BCUT2D eigenvalue weighted by molar-refractivity contribution is 6.74. The number of imide groups is 1. The first-order valence-corrected chi connectivity index (χ1v) is 11.1. The number of carbonyl (C=O) groups is 2. The van der Waals surface area contributed by atoms with Gasteiger partial charge in [-0.05, 0) is 45.0 Å². The second kappa shape index (κ2) is 6.88. The first-order valence-electron chi connectivity index (χ1n) is 8.19. The van der Waals surface area contributed by atoms with Gasteiger partial charge in [0.15, 0.2) is 8.32 Å². The van der Waals surface area contributed by atoms with Gasteiger partial charge in [0.1, 0.15) is 17.7 Å². The van der Waals surface area contributed by atoms with Gasteiger partial charge in [-0.1, -0.05) is 27.4 Å². The highest BCUT2D eigenvalue weighted by Gasteiger charge is 2.47. The van der Waals surface area contributed by atoms with Crippen molar-refractivity contribution in [1.82, 2.24) is 4.90 Å². The second-order valence-corrected chi connectivity index (χ2v) is 13.4. The minimum absolute atomic E-state index is 0.0247. The minimum atomic E-state index is -2.03. The molecule has 1 aliphatic rings. The molecule has 1 rings (SSSR count). The minimum Gasteiger partial charge on any atom is -0.443 e. The van der Waals surface area contributed by atoms with Crippen LogP contribution in [0.1, 0.15) is 41.5 Å². The molecule has 1 aliphatic heterocycles. The first kappa shape index (κ1) is 20.7. The van der Waals surface area contributed by atoms with Crippen molar-refractivity contribution in [3.63, 3.8) is 0 Å². The maximum absolute atomic E-state index is 12.4. The van der Waals surface area contributed by atoms with Crippen LogP contribution in [-0.4, -0.2) is 49.8 Å². The number of cyclic esters (lactones) is 1. The molecular formula is C17H31NO5Si. The van der Waals surface area contributed by atoms with Crippen LogP contribution in [0.5, 0.6) is 0 Å². The third-order valence-electron chi connectivity index (χ3n) is 4.39. The largest absolute Gasteiger partial charge is 0.443 e. The number of rotatable bonds is 4. The Labute approximate surface area is 146 Å². The number of hydrogen-bond acceptors (Lipinski definition) is 5. The van der Waals surface area contributed by atoms with Gasteiger partial charge in [0.2, 0.25) is 0 Å². The van der Waals surface area contributed by atoms with Crippen LogP contribution in [0.25, 0.3) is 0 Å². The monoisotopic (exact) mass is 357 g/mol. The van der Waals surface area contributed by atoms with Gasteiger partial charge in [-0.3, -0.25) is 0 Å². The zero-order valence-electron chi connectivity index (χ0n) is 16.1. The van der Waals surface area contributed by atoms with E-state index in [-0.39, 0.29) is 11.6 Å². The van der Waals surface area contributed by atoms with E-state index in [0.29, 0.717) is 0 Å². The van der Waals surface area contributed by atoms with E-state index in [1.807, 2.05) is 0 Å². The van der Waals surface area contributed by atoms with E-state index in [4.69, 9.17) is 13.9 Å². The lowest BCUT2D eigenvalue weighted by Gasteiger charge is -2.37. The van der Waals surface area contributed by atoms with E-state index in [0.717, 1.165) is 4.90 Å². The molecule has 138 valence electrons. The molecule has 0 aromatic carbocycles. The molecule has 0 aliphatic carbocycles. The standard InChI is InChI=1S/C17H31NO5Si/c1-10-13-12(11-21-24(8,9)17(5,6)7)18(14(19)22-13)15(20)23-16(2,3)4/h10,12-13H,1,11H2,2-9H3/t12-,13+/m0/s1. The van der Waals surface area contributed by atoms with Crippen LogP contribution in [0.4, 0.5) is 9.59 Å². The fourth-order valence-electron chi connectivity index (χ4n) is 1.94. The third kappa shape index (κ3) is 4.83. The van der Waals surface area contributed by atoms with Crippen molar-refractivity contribution in [2.75, 3.05) is 6.61 Å². The van der Waals surface area contributed by atoms with Crippen LogP contribution < -0.4 is 0 Å². The highest BCUT2D eigenvalue weighted by Crippen LogP contribution is 2.37. The number of carbonyl (C=O) groups excluding carboxylic acids is 2. The summed E-state index contributed by atoms with van der Waals surface area (Å²) in [5.41, 5.74) is -0.700. The summed E-state index contributed by atoms with van der Waals surface area (Å²) >= 11 is 0. The summed E-state index contributed by atoms with van der Waals surface area (Å²) in [4.78, 5) is 25.5. The smallest absolute Gasteiger partial charge is 0.420 e. The average molecular weight is 358 g/mol. The van der Waals surface area contributed by atoms with Gasteiger partial charge in [-0.2, -0.15) is 0 Å². The Balaban J connectivity index is 2.95. The Morgan fingerprint density at radius 1 is 1.29 bits per heavy atom. The maximum atomic E-state index is 12.4. The molecule has 0 bridgehead atoms. The zero-order valence-corrected chi connectivity index (χ0v) is 17.1.